The Morgan fingerprint density at radius 3 is 2.59 bits per heavy atom. The smallest absolute Gasteiger partial charge is 0.322 e. The van der Waals surface area contributed by atoms with Crippen molar-refractivity contribution in [2.75, 3.05) is 18.1 Å². The van der Waals surface area contributed by atoms with Gasteiger partial charge in [-0.05, 0) is 39.5 Å². The standard InChI is InChI=1S/C25H37N3O8S/c1-14-4-3-5-15(2)10-20-16(7-6-14)17(25(35)36-20)12-37-13-19(23(32)27-11-22(30)31)28-21(29)9-8-18(26)24(33)34/h5-6,16-20H,3-4,7-13,26H2,1-2H3,(H,27,32)(H,28,29)(H,30,31)(H,33,34)/t16-,17?,18+,19+,20+/m1/s1. The van der Waals surface area contributed by atoms with Crippen LogP contribution in [-0.4, -0.2) is 76.2 Å². The molecule has 1 fully saturated rings. The van der Waals surface area contributed by atoms with E-state index in [0.29, 0.717) is 18.6 Å². The van der Waals surface area contributed by atoms with Crippen LogP contribution in [0.25, 0.3) is 0 Å². The highest BCUT2D eigenvalue weighted by molar-refractivity contribution is 7.99. The molecule has 0 bridgehead atoms. The lowest BCUT2D eigenvalue weighted by atomic mass is 9.84. The number of hydrogen-bond acceptors (Lipinski definition) is 8. The first kappa shape index (κ1) is 30.4. The van der Waals surface area contributed by atoms with Crippen LogP contribution in [-0.2, 0) is 28.7 Å². The number of carbonyl (C=O) groups is 5. The van der Waals surface area contributed by atoms with Crippen LogP contribution in [0, 0.1) is 11.8 Å². The molecule has 37 heavy (non-hydrogen) atoms. The van der Waals surface area contributed by atoms with Gasteiger partial charge in [0.1, 0.15) is 24.7 Å². The van der Waals surface area contributed by atoms with Crippen LogP contribution in [0.1, 0.15) is 52.4 Å². The summed E-state index contributed by atoms with van der Waals surface area (Å²) >= 11 is 1.30. The van der Waals surface area contributed by atoms with E-state index >= 15 is 0 Å². The monoisotopic (exact) mass is 539 g/mol. The van der Waals surface area contributed by atoms with Crippen LogP contribution in [0.2, 0.25) is 0 Å². The third kappa shape index (κ3) is 10.2. The Labute approximate surface area is 220 Å². The topological polar surface area (TPSA) is 185 Å². The zero-order chi connectivity index (χ0) is 27.5. The fourth-order valence-corrected chi connectivity index (χ4v) is 5.55. The van der Waals surface area contributed by atoms with Gasteiger partial charge in [0, 0.05) is 30.3 Å². The first-order chi connectivity index (χ1) is 17.5. The second-order valence-electron chi connectivity index (χ2n) is 9.58. The van der Waals surface area contributed by atoms with Gasteiger partial charge in [-0.1, -0.05) is 23.3 Å². The molecule has 11 nitrogen and oxygen atoms in total. The van der Waals surface area contributed by atoms with Gasteiger partial charge in [-0.2, -0.15) is 11.8 Å². The summed E-state index contributed by atoms with van der Waals surface area (Å²) in [7, 11) is 0. The number of allylic oxidation sites excluding steroid dienone is 3. The summed E-state index contributed by atoms with van der Waals surface area (Å²) < 4.78 is 5.73. The predicted molar refractivity (Wildman–Crippen MR) is 138 cm³/mol. The number of carboxylic acids is 2. The molecule has 1 unspecified atom stereocenters. The number of thioether (sulfide) groups is 1. The minimum Gasteiger partial charge on any atom is -0.480 e. The second-order valence-corrected chi connectivity index (χ2v) is 10.7. The largest absolute Gasteiger partial charge is 0.480 e. The zero-order valence-electron chi connectivity index (χ0n) is 21.2. The van der Waals surface area contributed by atoms with Gasteiger partial charge in [0.25, 0.3) is 0 Å². The molecular formula is C25H37N3O8S. The van der Waals surface area contributed by atoms with Crippen LogP contribution < -0.4 is 16.4 Å². The Balaban J connectivity index is 2.03. The highest BCUT2D eigenvalue weighted by Gasteiger charge is 2.43. The van der Waals surface area contributed by atoms with E-state index in [-0.39, 0.29) is 42.5 Å². The lowest BCUT2D eigenvalue weighted by molar-refractivity contribution is -0.144. The van der Waals surface area contributed by atoms with E-state index in [4.69, 9.17) is 20.7 Å². The van der Waals surface area contributed by atoms with E-state index in [0.717, 1.165) is 12.8 Å². The Bertz CT molecular complexity index is 935. The molecule has 1 heterocycles. The fraction of sp³-hybridized carbons (Fsp3) is 0.640. The second kappa shape index (κ2) is 14.8. The molecule has 0 aromatic rings. The molecule has 2 amide bonds. The molecule has 2 aliphatic rings. The summed E-state index contributed by atoms with van der Waals surface area (Å²) in [5.74, 6) is -3.94. The number of esters is 1. The number of aliphatic carboxylic acids is 2. The van der Waals surface area contributed by atoms with Gasteiger partial charge in [-0.3, -0.25) is 24.0 Å². The molecule has 1 aliphatic heterocycles. The number of nitrogens with one attached hydrogen (secondary N) is 2. The van der Waals surface area contributed by atoms with Crippen molar-refractivity contribution < 1.29 is 38.9 Å². The number of nitrogens with two attached hydrogens (primary N) is 1. The minimum atomic E-state index is -1.24. The number of ether oxygens (including phenoxy) is 1. The van der Waals surface area contributed by atoms with E-state index in [2.05, 4.69) is 29.7 Å². The summed E-state index contributed by atoms with van der Waals surface area (Å²) in [5.41, 5.74) is 7.88. The van der Waals surface area contributed by atoms with Crippen molar-refractivity contribution in [2.45, 2.75) is 70.6 Å². The number of rotatable bonds is 12. The molecule has 1 saturated heterocycles. The van der Waals surface area contributed by atoms with Crippen LogP contribution >= 0.6 is 11.8 Å². The zero-order valence-corrected chi connectivity index (χ0v) is 22.1. The Morgan fingerprint density at radius 1 is 1.19 bits per heavy atom. The molecule has 206 valence electrons. The molecule has 2 rings (SSSR count). The molecule has 0 radical (unpaired) electrons. The van der Waals surface area contributed by atoms with E-state index in [1.165, 1.54) is 22.9 Å². The van der Waals surface area contributed by atoms with Gasteiger partial charge in [0.15, 0.2) is 0 Å². The molecule has 12 heteroatoms. The molecule has 6 N–H and O–H groups in total. The van der Waals surface area contributed by atoms with Crippen LogP contribution in [0.4, 0.5) is 0 Å². The third-order valence-electron chi connectivity index (χ3n) is 6.50. The number of amides is 2. The Kier molecular flexibility index (Phi) is 12.1. The van der Waals surface area contributed by atoms with Gasteiger partial charge >= 0.3 is 17.9 Å². The van der Waals surface area contributed by atoms with E-state index < -0.39 is 42.4 Å². The van der Waals surface area contributed by atoms with E-state index in [1.54, 1.807) is 0 Å². The predicted octanol–water partition coefficient (Wildman–Crippen LogP) is 1.22. The van der Waals surface area contributed by atoms with Gasteiger partial charge in [-0.25, -0.2) is 0 Å². The maximum atomic E-state index is 12.7. The summed E-state index contributed by atoms with van der Waals surface area (Å²) in [6, 6.07) is -2.28. The molecule has 0 spiro atoms. The van der Waals surface area contributed by atoms with Crippen molar-refractivity contribution in [2.24, 2.45) is 17.6 Å². The third-order valence-corrected chi connectivity index (χ3v) is 7.67. The van der Waals surface area contributed by atoms with Crippen molar-refractivity contribution in [1.29, 1.82) is 0 Å². The van der Waals surface area contributed by atoms with Crippen LogP contribution in [0.5, 0.6) is 0 Å². The van der Waals surface area contributed by atoms with E-state index in [9.17, 15) is 24.0 Å². The number of fused-ring (bicyclic) bond motifs is 1. The van der Waals surface area contributed by atoms with Crippen LogP contribution in [0.3, 0.4) is 0 Å². The summed E-state index contributed by atoms with van der Waals surface area (Å²) in [5, 5.41) is 22.5. The molecule has 0 aromatic heterocycles. The average Bonchev–Trinajstić information content (AvgIpc) is 3.12. The molecule has 5 atom stereocenters. The Morgan fingerprint density at radius 2 is 1.92 bits per heavy atom. The van der Waals surface area contributed by atoms with Crippen molar-refractivity contribution >= 4 is 41.5 Å². The number of hydrogen-bond donors (Lipinski definition) is 5. The summed E-state index contributed by atoms with van der Waals surface area (Å²) in [6.45, 7) is 3.50. The van der Waals surface area contributed by atoms with Crippen molar-refractivity contribution in [3.05, 3.63) is 23.3 Å². The van der Waals surface area contributed by atoms with E-state index in [1.807, 2.05) is 6.92 Å². The highest BCUT2D eigenvalue weighted by Crippen LogP contribution is 2.37. The summed E-state index contributed by atoms with van der Waals surface area (Å²) in [4.78, 5) is 59.3. The van der Waals surface area contributed by atoms with Crippen LogP contribution in [0.15, 0.2) is 23.3 Å². The lowest BCUT2D eigenvalue weighted by Gasteiger charge is -2.22. The minimum absolute atomic E-state index is 0.0113. The number of carbonyl (C=O) groups excluding carboxylic acids is 3. The Hall–Kier alpha value is -2.86. The first-order valence-electron chi connectivity index (χ1n) is 12.3. The van der Waals surface area contributed by atoms with Gasteiger partial charge in [0.05, 0.1) is 5.92 Å². The van der Waals surface area contributed by atoms with Gasteiger partial charge < -0.3 is 31.3 Å². The first-order valence-corrected chi connectivity index (χ1v) is 13.5. The normalized spacial score (nSPS) is 23.4. The maximum Gasteiger partial charge on any atom is 0.322 e. The molecular weight excluding hydrogens is 502 g/mol. The molecule has 0 aromatic carbocycles. The van der Waals surface area contributed by atoms with Gasteiger partial charge in [0.2, 0.25) is 11.8 Å². The quantitative estimate of drug-likeness (QED) is 0.178. The highest BCUT2D eigenvalue weighted by atomic mass is 32.2. The molecule has 1 aliphatic carbocycles. The SMILES string of the molecule is CC1=CC[C@@H]2C(CSC[C@H](NC(=O)CC[C@H](N)C(=O)O)C(=O)NCC(=O)O)C(=O)O[C@H]2CC(C)=CCC1. The van der Waals surface area contributed by atoms with Crippen molar-refractivity contribution in [3.63, 3.8) is 0 Å². The van der Waals surface area contributed by atoms with Gasteiger partial charge in [-0.15, -0.1) is 0 Å². The average molecular weight is 540 g/mol. The lowest BCUT2D eigenvalue weighted by Crippen LogP contribution is -2.49. The summed E-state index contributed by atoms with van der Waals surface area (Å²) in [6.07, 6.45) is 7.12. The van der Waals surface area contributed by atoms with Crippen molar-refractivity contribution in [1.82, 2.24) is 10.6 Å². The maximum absolute atomic E-state index is 12.7. The molecule has 0 saturated carbocycles. The number of carboxylic acid groups (broad SMARTS) is 2. The fourth-order valence-electron chi connectivity index (χ4n) is 4.30. The van der Waals surface area contributed by atoms with Crippen molar-refractivity contribution in [3.8, 4) is 0 Å².